The minimum atomic E-state index is -4.90. The maximum atomic E-state index is 12.7. The molecule has 1 aliphatic rings. The topological polar surface area (TPSA) is 59.6 Å². The quantitative estimate of drug-likeness (QED) is 0.924. The number of halogens is 3. The first-order valence-electron chi connectivity index (χ1n) is 6.85. The van der Waals surface area contributed by atoms with Crippen LogP contribution in [0.3, 0.4) is 0 Å². The molecule has 1 aliphatic heterocycles. The Morgan fingerprint density at radius 3 is 2.30 bits per heavy atom. The van der Waals surface area contributed by atoms with Gasteiger partial charge in [-0.15, -0.1) is 0 Å². The van der Waals surface area contributed by atoms with Crippen LogP contribution in [0.2, 0.25) is 0 Å². The molecule has 3 rings (SSSR count). The van der Waals surface area contributed by atoms with E-state index in [2.05, 4.69) is 15.1 Å². The molecule has 5 nitrogen and oxygen atoms in total. The van der Waals surface area contributed by atoms with E-state index in [1.807, 2.05) is 20.2 Å². The predicted molar refractivity (Wildman–Crippen MR) is 76.6 cm³/mol. The summed E-state index contributed by atoms with van der Waals surface area (Å²) in [5.41, 5.74) is 3.21. The Balaban J connectivity index is 1.83. The molecule has 0 spiro atoms. The van der Waals surface area contributed by atoms with Crippen LogP contribution in [0.5, 0.6) is 0 Å². The number of rotatable bonds is 2. The lowest BCUT2D eigenvalue weighted by Crippen LogP contribution is -2.45. The Hall–Kier alpha value is -2.35. The van der Waals surface area contributed by atoms with Gasteiger partial charge < -0.3 is 9.94 Å². The van der Waals surface area contributed by atoms with Crippen LogP contribution < -0.4 is 0 Å². The van der Waals surface area contributed by atoms with E-state index < -0.39 is 18.4 Å². The lowest BCUT2D eigenvalue weighted by atomic mass is 9.99. The summed E-state index contributed by atoms with van der Waals surface area (Å²) in [4.78, 5) is 4.21. The minimum absolute atomic E-state index is 0.0549. The van der Waals surface area contributed by atoms with Gasteiger partial charge in [0, 0.05) is 18.8 Å². The van der Waals surface area contributed by atoms with E-state index in [9.17, 15) is 18.3 Å². The van der Waals surface area contributed by atoms with Crippen molar-refractivity contribution in [3.05, 3.63) is 41.7 Å². The molecule has 0 fully saturated rings. The summed E-state index contributed by atoms with van der Waals surface area (Å²) in [6, 6.07) is 6.83. The molecule has 2 heterocycles. The number of hydrogen-bond acceptors (Lipinski definition) is 4. The van der Waals surface area contributed by atoms with Gasteiger partial charge in [0.25, 0.3) is 0 Å². The molecule has 1 unspecified atom stereocenters. The molecule has 2 aromatic rings. The maximum Gasteiger partial charge on any atom is 0.458 e. The molecule has 122 valence electrons. The van der Waals surface area contributed by atoms with Crippen molar-refractivity contribution in [3.8, 4) is 11.1 Å². The van der Waals surface area contributed by atoms with Gasteiger partial charge in [-0.1, -0.05) is 29.4 Å². The van der Waals surface area contributed by atoms with Gasteiger partial charge in [0.05, 0.1) is 17.8 Å². The largest absolute Gasteiger partial charge is 0.458 e. The zero-order valence-electron chi connectivity index (χ0n) is 12.4. The molecule has 1 aromatic carbocycles. The maximum absolute atomic E-state index is 12.7. The first-order valence-corrected chi connectivity index (χ1v) is 6.85. The van der Waals surface area contributed by atoms with Crippen molar-refractivity contribution >= 4 is 5.71 Å². The Labute approximate surface area is 130 Å². The third-order valence-electron chi connectivity index (χ3n) is 3.70. The number of benzene rings is 1. The van der Waals surface area contributed by atoms with Gasteiger partial charge in [-0.3, -0.25) is 4.68 Å². The predicted octanol–water partition coefficient (Wildman–Crippen LogP) is 2.77. The molecule has 1 N–H and O–H groups in total. The van der Waals surface area contributed by atoms with Crippen molar-refractivity contribution in [2.75, 3.05) is 0 Å². The highest BCUT2D eigenvalue weighted by Crippen LogP contribution is 2.39. The normalized spacial score (nSPS) is 21.2. The first-order chi connectivity index (χ1) is 10.7. The average molecular weight is 325 g/mol. The molecule has 0 aliphatic carbocycles. The minimum Gasteiger partial charge on any atom is -0.350 e. The summed E-state index contributed by atoms with van der Waals surface area (Å²) in [5, 5.41) is 17.1. The van der Waals surface area contributed by atoms with E-state index in [-0.39, 0.29) is 5.71 Å². The highest BCUT2D eigenvalue weighted by Gasteiger charge is 2.60. The summed E-state index contributed by atoms with van der Waals surface area (Å²) in [6.45, 7) is 1.88. The monoisotopic (exact) mass is 325 g/mol. The molecule has 1 aromatic heterocycles. The van der Waals surface area contributed by atoms with E-state index in [4.69, 9.17) is 0 Å². The molecule has 23 heavy (non-hydrogen) atoms. The van der Waals surface area contributed by atoms with Gasteiger partial charge in [0.1, 0.15) is 0 Å². The van der Waals surface area contributed by atoms with Crippen molar-refractivity contribution in [2.24, 2.45) is 12.2 Å². The van der Waals surface area contributed by atoms with Crippen molar-refractivity contribution in [2.45, 2.75) is 25.3 Å². The molecule has 0 radical (unpaired) electrons. The molecule has 0 bridgehead atoms. The van der Waals surface area contributed by atoms with Crippen LogP contribution in [-0.4, -0.2) is 32.6 Å². The molecular weight excluding hydrogens is 311 g/mol. The van der Waals surface area contributed by atoms with Crippen LogP contribution in [-0.2, 0) is 11.9 Å². The van der Waals surface area contributed by atoms with Gasteiger partial charge in [0.15, 0.2) is 0 Å². The lowest BCUT2D eigenvalue weighted by molar-refractivity contribution is -0.355. The van der Waals surface area contributed by atoms with E-state index in [0.717, 1.165) is 16.8 Å². The summed E-state index contributed by atoms with van der Waals surface area (Å²) in [5.74, 6) is -3.25. The van der Waals surface area contributed by atoms with E-state index in [1.165, 1.54) is 0 Å². The number of alkyl halides is 3. The summed E-state index contributed by atoms with van der Waals surface area (Å²) >= 11 is 0. The van der Waals surface area contributed by atoms with Gasteiger partial charge in [-0.25, -0.2) is 0 Å². The molecule has 0 amide bonds. The number of aromatic nitrogens is 2. The molecule has 0 saturated heterocycles. The second kappa shape index (κ2) is 5.09. The van der Waals surface area contributed by atoms with Crippen LogP contribution in [0.25, 0.3) is 11.1 Å². The molecule has 0 saturated carbocycles. The Morgan fingerprint density at radius 1 is 1.22 bits per heavy atom. The van der Waals surface area contributed by atoms with Crippen molar-refractivity contribution < 1.29 is 23.1 Å². The number of aryl methyl sites for hydroxylation is 2. The number of oxime groups is 1. The SMILES string of the molecule is Cc1nn(C)cc1-c1ccc(C2=NOC(O)(C(F)(F)F)C2)cc1. The van der Waals surface area contributed by atoms with Crippen LogP contribution in [0.15, 0.2) is 35.6 Å². The van der Waals surface area contributed by atoms with Crippen LogP contribution in [0.1, 0.15) is 17.7 Å². The Bertz CT molecular complexity index is 765. The van der Waals surface area contributed by atoms with E-state index in [0.29, 0.717) is 5.56 Å². The second-order valence-electron chi connectivity index (χ2n) is 5.47. The highest BCUT2D eigenvalue weighted by molar-refractivity contribution is 6.01. The Morgan fingerprint density at radius 2 is 1.83 bits per heavy atom. The van der Waals surface area contributed by atoms with E-state index in [1.54, 1.807) is 28.9 Å². The summed E-state index contributed by atoms with van der Waals surface area (Å²) < 4.78 is 39.8. The molecule has 1 atom stereocenters. The zero-order valence-corrected chi connectivity index (χ0v) is 12.4. The Kier molecular flexibility index (Phi) is 3.44. The van der Waals surface area contributed by atoms with Gasteiger partial charge in [-0.2, -0.15) is 18.3 Å². The van der Waals surface area contributed by atoms with Gasteiger partial charge in [-0.05, 0) is 18.1 Å². The second-order valence-corrected chi connectivity index (χ2v) is 5.47. The molecule has 8 heteroatoms. The third-order valence-corrected chi connectivity index (χ3v) is 3.70. The van der Waals surface area contributed by atoms with Crippen molar-refractivity contribution in [3.63, 3.8) is 0 Å². The van der Waals surface area contributed by atoms with Crippen molar-refractivity contribution in [1.82, 2.24) is 9.78 Å². The fourth-order valence-electron chi connectivity index (χ4n) is 2.45. The lowest BCUT2D eigenvalue weighted by Gasteiger charge is -2.22. The first kappa shape index (κ1) is 15.5. The van der Waals surface area contributed by atoms with Gasteiger partial charge >= 0.3 is 12.0 Å². The highest BCUT2D eigenvalue weighted by atomic mass is 19.4. The average Bonchev–Trinajstić information content (AvgIpc) is 3.02. The van der Waals surface area contributed by atoms with Crippen LogP contribution in [0, 0.1) is 6.92 Å². The summed E-state index contributed by atoms with van der Waals surface area (Å²) in [7, 11) is 1.81. The van der Waals surface area contributed by atoms with E-state index >= 15 is 0 Å². The smallest absolute Gasteiger partial charge is 0.350 e. The van der Waals surface area contributed by atoms with Crippen LogP contribution in [0.4, 0.5) is 13.2 Å². The van der Waals surface area contributed by atoms with Crippen LogP contribution >= 0.6 is 0 Å². The third kappa shape index (κ3) is 2.70. The summed E-state index contributed by atoms with van der Waals surface area (Å²) in [6.07, 6.45) is -3.77. The van der Waals surface area contributed by atoms with Crippen molar-refractivity contribution in [1.29, 1.82) is 0 Å². The molecular formula is C15H14F3N3O2. The number of nitrogens with zero attached hydrogens (tertiary/aromatic N) is 3. The number of aliphatic hydroxyl groups is 1. The fourth-order valence-corrected chi connectivity index (χ4v) is 2.45. The standard InChI is InChI=1S/C15H14F3N3O2/c1-9-12(8-21(2)19-9)10-3-5-11(6-4-10)13-7-14(22,23-20-13)15(16,17)18/h3-6,8,22H,7H2,1-2H3. The zero-order chi connectivity index (χ0) is 16.8. The fraction of sp³-hybridized carbons (Fsp3) is 0.333. The van der Waals surface area contributed by atoms with Gasteiger partial charge in [0.2, 0.25) is 0 Å². The number of hydrogen-bond donors (Lipinski definition) is 1.